The lowest BCUT2D eigenvalue weighted by Gasteiger charge is -2.02. The second-order valence-corrected chi connectivity index (χ2v) is 6.75. The summed E-state index contributed by atoms with van der Waals surface area (Å²) in [6, 6.07) is 21.6. The molecule has 3 aromatic heterocycles. The minimum absolute atomic E-state index is 0.391. The van der Waals surface area contributed by atoms with Crippen molar-refractivity contribution in [2.45, 2.75) is 6.61 Å². The Morgan fingerprint density at radius 3 is 2.65 bits per heavy atom. The minimum atomic E-state index is 0.391. The van der Waals surface area contributed by atoms with Crippen LogP contribution in [0.2, 0.25) is 0 Å². The van der Waals surface area contributed by atoms with Gasteiger partial charge in [0.1, 0.15) is 18.1 Å². The lowest BCUT2D eigenvalue weighted by molar-refractivity contribution is 0.304. The molecule has 7 heteroatoms. The van der Waals surface area contributed by atoms with Gasteiger partial charge in [0.05, 0.1) is 5.52 Å². The molecule has 2 aromatic carbocycles. The summed E-state index contributed by atoms with van der Waals surface area (Å²) in [5.74, 6) is 1.45. The van der Waals surface area contributed by atoms with E-state index >= 15 is 0 Å². The van der Waals surface area contributed by atoms with Crippen molar-refractivity contribution in [2.24, 2.45) is 0 Å². The Kier molecular flexibility index (Phi) is 3.57. The third-order valence-corrected chi connectivity index (χ3v) is 4.84. The molecule has 0 aliphatic heterocycles. The number of hydrogen-bond donors (Lipinski definition) is 0. The van der Waals surface area contributed by atoms with Crippen LogP contribution in [0.25, 0.3) is 27.4 Å². The van der Waals surface area contributed by atoms with Crippen molar-refractivity contribution in [1.29, 1.82) is 0 Å². The highest BCUT2D eigenvalue weighted by Crippen LogP contribution is 2.23. The molecule has 0 fully saturated rings. The first kappa shape index (κ1) is 15.0. The summed E-state index contributed by atoms with van der Waals surface area (Å²) in [7, 11) is 0. The quantitative estimate of drug-likeness (QED) is 0.486. The molecule has 0 saturated heterocycles. The van der Waals surface area contributed by atoms with Crippen molar-refractivity contribution < 1.29 is 4.74 Å². The van der Waals surface area contributed by atoms with Crippen LogP contribution in [0.3, 0.4) is 0 Å². The normalized spacial score (nSPS) is 11.2. The molecule has 126 valence electrons. The number of pyridine rings is 1. The van der Waals surface area contributed by atoms with E-state index in [-0.39, 0.29) is 0 Å². The van der Waals surface area contributed by atoms with Crippen molar-refractivity contribution in [2.75, 3.05) is 0 Å². The predicted octanol–water partition coefficient (Wildman–Crippen LogP) is 3.98. The average Bonchev–Trinajstić information content (AvgIpc) is 3.27. The lowest BCUT2D eigenvalue weighted by Crippen LogP contribution is -1.98. The van der Waals surface area contributed by atoms with E-state index in [1.165, 1.54) is 11.3 Å². The molecule has 0 aliphatic rings. The van der Waals surface area contributed by atoms with Gasteiger partial charge < -0.3 is 4.74 Å². The van der Waals surface area contributed by atoms with Gasteiger partial charge in [0.2, 0.25) is 10.8 Å². The summed E-state index contributed by atoms with van der Waals surface area (Å²) < 4.78 is 7.49. The molecule has 0 bridgehead atoms. The van der Waals surface area contributed by atoms with Crippen molar-refractivity contribution >= 4 is 27.2 Å². The van der Waals surface area contributed by atoms with Gasteiger partial charge in [-0.2, -0.15) is 9.61 Å². The first-order valence-electron chi connectivity index (χ1n) is 8.12. The van der Waals surface area contributed by atoms with E-state index in [1.54, 1.807) is 4.52 Å². The molecule has 26 heavy (non-hydrogen) atoms. The highest BCUT2D eigenvalue weighted by atomic mass is 32.1. The summed E-state index contributed by atoms with van der Waals surface area (Å²) >= 11 is 1.46. The van der Waals surface area contributed by atoms with Crippen LogP contribution < -0.4 is 4.74 Å². The van der Waals surface area contributed by atoms with Gasteiger partial charge in [0, 0.05) is 5.39 Å². The van der Waals surface area contributed by atoms with E-state index in [9.17, 15) is 0 Å². The van der Waals surface area contributed by atoms with E-state index < -0.39 is 0 Å². The van der Waals surface area contributed by atoms with Crippen molar-refractivity contribution in [3.63, 3.8) is 0 Å². The SMILES string of the molecule is c1ccc(OCc2nn3c(-c4ccc5ccccc5n4)nnc3s2)cc1. The largest absolute Gasteiger partial charge is 0.486 e. The van der Waals surface area contributed by atoms with Crippen LogP contribution >= 0.6 is 11.3 Å². The Bertz CT molecular complexity index is 1200. The molecule has 0 unspecified atom stereocenters. The van der Waals surface area contributed by atoms with Gasteiger partial charge in [0.15, 0.2) is 5.01 Å². The molecular formula is C19H13N5OS. The van der Waals surface area contributed by atoms with E-state index in [4.69, 9.17) is 4.74 Å². The standard InChI is InChI=1S/C19H13N5OS/c1-2-7-14(8-3-1)25-12-17-23-24-18(21-22-19(24)26-17)16-11-10-13-6-4-5-9-15(13)20-16/h1-11H,12H2. The molecule has 0 N–H and O–H groups in total. The van der Waals surface area contributed by atoms with E-state index in [1.807, 2.05) is 66.7 Å². The molecule has 0 saturated carbocycles. The molecule has 0 amide bonds. The van der Waals surface area contributed by atoms with E-state index in [0.717, 1.165) is 32.3 Å². The molecule has 5 rings (SSSR count). The monoisotopic (exact) mass is 359 g/mol. The summed E-state index contributed by atoms with van der Waals surface area (Å²) in [6.07, 6.45) is 0. The molecular weight excluding hydrogens is 346 g/mol. The van der Waals surface area contributed by atoms with E-state index in [0.29, 0.717) is 12.4 Å². The summed E-state index contributed by atoms with van der Waals surface area (Å²) in [5, 5.41) is 15.0. The van der Waals surface area contributed by atoms with Crippen molar-refractivity contribution in [1.82, 2.24) is 24.8 Å². The fourth-order valence-electron chi connectivity index (χ4n) is 2.73. The van der Waals surface area contributed by atoms with Crippen LogP contribution in [0.5, 0.6) is 5.75 Å². The second kappa shape index (κ2) is 6.20. The van der Waals surface area contributed by atoms with Gasteiger partial charge in [-0.3, -0.25) is 0 Å². The Morgan fingerprint density at radius 2 is 1.73 bits per heavy atom. The number of rotatable bonds is 4. The molecule has 5 aromatic rings. The van der Waals surface area contributed by atoms with Crippen LogP contribution in [0, 0.1) is 0 Å². The second-order valence-electron chi connectivity index (χ2n) is 5.70. The van der Waals surface area contributed by atoms with Crippen LogP contribution in [0.4, 0.5) is 0 Å². The zero-order chi connectivity index (χ0) is 17.3. The molecule has 0 aliphatic carbocycles. The fourth-order valence-corrected chi connectivity index (χ4v) is 3.47. The van der Waals surface area contributed by atoms with Gasteiger partial charge in [-0.1, -0.05) is 53.8 Å². The summed E-state index contributed by atoms with van der Waals surface area (Å²) in [5.41, 5.74) is 1.67. The lowest BCUT2D eigenvalue weighted by atomic mass is 10.2. The first-order valence-corrected chi connectivity index (χ1v) is 8.94. The molecule has 0 spiro atoms. The number of aromatic nitrogens is 5. The van der Waals surface area contributed by atoms with Crippen LogP contribution in [-0.2, 0) is 6.61 Å². The Morgan fingerprint density at radius 1 is 0.885 bits per heavy atom. The molecule has 6 nitrogen and oxygen atoms in total. The number of ether oxygens (including phenoxy) is 1. The number of hydrogen-bond acceptors (Lipinski definition) is 6. The highest BCUT2D eigenvalue weighted by Gasteiger charge is 2.15. The third-order valence-electron chi connectivity index (χ3n) is 3.97. The molecule has 0 atom stereocenters. The van der Waals surface area contributed by atoms with E-state index in [2.05, 4.69) is 20.3 Å². The van der Waals surface area contributed by atoms with Crippen molar-refractivity contribution in [3.05, 3.63) is 71.7 Å². The van der Waals surface area contributed by atoms with Crippen molar-refractivity contribution in [3.8, 4) is 17.3 Å². The smallest absolute Gasteiger partial charge is 0.235 e. The Hall–Kier alpha value is -3.32. The molecule has 3 heterocycles. The first-order chi connectivity index (χ1) is 12.9. The topological polar surface area (TPSA) is 65.2 Å². The highest BCUT2D eigenvalue weighted by molar-refractivity contribution is 7.16. The molecule has 0 radical (unpaired) electrons. The van der Waals surface area contributed by atoms with Crippen LogP contribution in [0.1, 0.15) is 5.01 Å². The number of para-hydroxylation sites is 2. The van der Waals surface area contributed by atoms with Crippen LogP contribution in [-0.4, -0.2) is 24.8 Å². The van der Waals surface area contributed by atoms with Gasteiger partial charge in [0.25, 0.3) is 0 Å². The zero-order valence-corrected chi connectivity index (χ0v) is 14.4. The van der Waals surface area contributed by atoms with Crippen LogP contribution in [0.15, 0.2) is 66.7 Å². The maximum absolute atomic E-state index is 5.76. The average molecular weight is 359 g/mol. The zero-order valence-electron chi connectivity index (χ0n) is 13.6. The maximum atomic E-state index is 5.76. The summed E-state index contributed by atoms with van der Waals surface area (Å²) in [6.45, 7) is 0.391. The minimum Gasteiger partial charge on any atom is -0.486 e. The van der Waals surface area contributed by atoms with Gasteiger partial charge in [-0.15, -0.1) is 10.2 Å². The Balaban J connectivity index is 1.47. The number of benzene rings is 2. The third kappa shape index (κ3) is 2.68. The van der Waals surface area contributed by atoms with Gasteiger partial charge in [-0.05, 0) is 24.3 Å². The predicted molar refractivity (Wildman–Crippen MR) is 100 cm³/mol. The van der Waals surface area contributed by atoms with Gasteiger partial charge >= 0.3 is 0 Å². The Labute approximate surface area is 152 Å². The fraction of sp³-hybridized carbons (Fsp3) is 0.0526. The number of fused-ring (bicyclic) bond motifs is 2. The maximum Gasteiger partial charge on any atom is 0.235 e. The number of nitrogens with zero attached hydrogens (tertiary/aromatic N) is 5. The summed E-state index contributed by atoms with van der Waals surface area (Å²) in [4.78, 5) is 5.40. The van der Waals surface area contributed by atoms with Gasteiger partial charge in [-0.25, -0.2) is 4.98 Å².